The second-order valence-corrected chi connectivity index (χ2v) is 7.02. The normalized spacial score (nSPS) is 10.9. The minimum Gasteiger partial charge on any atom is -0.282 e. The molecule has 2 heterocycles. The molecule has 0 aliphatic rings. The van der Waals surface area contributed by atoms with Crippen molar-refractivity contribution in [2.24, 2.45) is 0 Å². The van der Waals surface area contributed by atoms with Crippen molar-refractivity contribution in [2.75, 3.05) is 0 Å². The second-order valence-electron chi connectivity index (χ2n) is 7.02. The summed E-state index contributed by atoms with van der Waals surface area (Å²) in [6, 6.07) is 31.7. The van der Waals surface area contributed by atoms with Crippen LogP contribution in [0.25, 0.3) is 43.6 Å². The first-order valence-electron chi connectivity index (χ1n) is 9.69. The molecule has 0 radical (unpaired) electrons. The Hall–Kier alpha value is -4.18. The highest BCUT2D eigenvalue weighted by molar-refractivity contribution is 6.11. The summed E-state index contributed by atoms with van der Waals surface area (Å²) in [4.78, 5) is 22.1. The fourth-order valence-electron chi connectivity index (χ4n) is 4.13. The highest BCUT2D eigenvalue weighted by atomic mass is 16.1. The Morgan fingerprint density at radius 1 is 0.400 bits per heavy atom. The van der Waals surface area contributed by atoms with Gasteiger partial charge in [0.2, 0.25) is 12.8 Å². The number of aromatic nitrogens is 2. The molecule has 0 amide bonds. The maximum atomic E-state index is 11.1. The monoisotopic (exact) mass is 390 g/mol. The molecule has 4 nitrogen and oxygen atoms in total. The van der Waals surface area contributed by atoms with Crippen LogP contribution in [-0.4, -0.2) is 22.0 Å². The van der Waals surface area contributed by atoms with E-state index in [-0.39, 0.29) is 0 Å². The fourth-order valence-corrected chi connectivity index (χ4v) is 4.13. The van der Waals surface area contributed by atoms with Crippen LogP contribution in [0.2, 0.25) is 0 Å². The molecule has 0 N–H and O–H groups in total. The van der Waals surface area contributed by atoms with Crippen molar-refractivity contribution in [1.29, 1.82) is 0 Å². The lowest BCUT2D eigenvalue weighted by Gasteiger charge is -1.94. The van der Waals surface area contributed by atoms with Crippen molar-refractivity contribution in [3.63, 3.8) is 0 Å². The van der Waals surface area contributed by atoms with E-state index in [1.165, 1.54) is 0 Å². The molecule has 6 aromatic rings. The van der Waals surface area contributed by atoms with E-state index in [0.717, 1.165) is 56.4 Å². The van der Waals surface area contributed by atoms with Gasteiger partial charge in [0, 0.05) is 21.5 Å². The number of carbonyl (C=O) groups excluding carboxylic acids is 2. The van der Waals surface area contributed by atoms with E-state index in [1.807, 2.05) is 97.1 Å². The van der Waals surface area contributed by atoms with Crippen LogP contribution in [0.1, 0.15) is 0 Å². The van der Waals surface area contributed by atoms with Gasteiger partial charge in [-0.25, -0.2) is 0 Å². The maximum absolute atomic E-state index is 11.1. The molecule has 30 heavy (non-hydrogen) atoms. The Morgan fingerprint density at radius 2 is 0.633 bits per heavy atom. The predicted octanol–water partition coefficient (Wildman–Crippen LogP) is 5.67. The van der Waals surface area contributed by atoms with Gasteiger partial charge in [0.15, 0.2) is 0 Å². The molecule has 2 aromatic heterocycles. The SMILES string of the molecule is O=Cn1c2ccccc2c2ccccc21.O=Cn1c2ccccc2c2ccccc21. The first-order chi connectivity index (χ1) is 14.8. The van der Waals surface area contributed by atoms with Crippen LogP contribution >= 0.6 is 0 Å². The Bertz CT molecular complexity index is 1310. The Balaban J connectivity index is 0.000000128. The van der Waals surface area contributed by atoms with Crippen LogP contribution in [0.3, 0.4) is 0 Å². The van der Waals surface area contributed by atoms with Crippen LogP contribution in [0.4, 0.5) is 0 Å². The summed E-state index contributed by atoms with van der Waals surface area (Å²) in [5.41, 5.74) is 3.87. The molecule has 0 atom stereocenters. The summed E-state index contributed by atoms with van der Waals surface area (Å²) >= 11 is 0. The fraction of sp³-hybridized carbons (Fsp3) is 0. The molecule has 0 saturated carbocycles. The van der Waals surface area contributed by atoms with Gasteiger partial charge in [0.25, 0.3) is 0 Å². The smallest absolute Gasteiger partial charge is 0.218 e. The van der Waals surface area contributed by atoms with E-state index in [4.69, 9.17) is 0 Å². The van der Waals surface area contributed by atoms with E-state index in [9.17, 15) is 9.59 Å². The summed E-state index contributed by atoms with van der Waals surface area (Å²) in [7, 11) is 0. The zero-order valence-corrected chi connectivity index (χ0v) is 16.1. The van der Waals surface area contributed by atoms with E-state index >= 15 is 0 Å². The van der Waals surface area contributed by atoms with Gasteiger partial charge in [-0.3, -0.25) is 18.7 Å². The van der Waals surface area contributed by atoms with Gasteiger partial charge in [-0.1, -0.05) is 72.8 Å². The molecule has 0 unspecified atom stereocenters. The molecule has 4 heteroatoms. The summed E-state index contributed by atoms with van der Waals surface area (Å²) in [6.07, 6.45) is 1.73. The number of rotatable bonds is 2. The average Bonchev–Trinajstić information content (AvgIpc) is 3.32. The average molecular weight is 390 g/mol. The van der Waals surface area contributed by atoms with Crippen LogP contribution in [0.5, 0.6) is 0 Å². The van der Waals surface area contributed by atoms with E-state index in [0.29, 0.717) is 0 Å². The Morgan fingerprint density at radius 3 is 0.867 bits per heavy atom. The van der Waals surface area contributed by atoms with Crippen LogP contribution in [0.15, 0.2) is 97.1 Å². The zero-order valence-electron chi connectivity index (χ0n) is 16.1. The van der Waals surface area contributed by atoms with Crippen molar-refractivity contribution in [2.45, 2.75) is 0 Å². The first-order valence-corrected chi connectivity index (χ1v) is 9.69. The summed E-state index contributed by atoms with van der Waals surface area (Å²) in [5, 5.41) is 4.50. The van der Waals surface area contributed by atoms with Crippen LogP contribution in [0, 0.1) is 0 Å². The van der Waals surface area contributed by atoms with Gasteiger partial charge in [0.1, 0.15) is 0 Å². The van der Waals surface area contributed by atoms with Crippen molar-refractivity contribution in [3.05, 3.63) is 97.1 Å². The van der Waals surface area contributed by atoms with Crippen molar-refractivity contribution in [3.8, 4) is 0 Å². The quantitative estimate of drug-likeness (QED) is 0.358. The van der Waals surface area contributed by atoms with Crippen molar-refractivity contribution >= 4 is 56.4 Å². The minimum atomic E-state index is 0.866. The third kappa shape index (κ3) is 2.70. The second kappa shape index (κ2) is 7.33. The standard InChI is InChI=1S/2C13H9NO/c2*15-9-14-12-7-3-1-5-10(12)11-6-2-4-8-13(11)14/h2*1-9H. The molecule has 0 aliphatic heterocycles. The first kappa shape index (κ1) is 17.9. The molecule has 6 rings (SSSR count). The van der Waals surface area contributed by atoms with Gasteiger partial charge in [0.05, 0.1) is 22.1 Å². The predicted molar refractivity (Wildman–Crippen MR) is 123 cm³/mol. The lowest BCUT2D eigenvalue weighted by Crippen LogP contribution is -1.92. The van der Waals surface area contributed by atoms with E-state index in [1.54, 1.807) is 9.13 Å². The third-order valence-electron chi connectivity index (χ3n) is 5.45. The number of fused-ring (bicyclic) bond motifs is 6. The molecule has 0 saturated heterocycles. The highest BCUT2D eigenvalue weighted by Gasteiger charge is 2.08. The lowest BCUT2D eigenvalue weighted by atomic mass is 10.2. The van der Waals surface area contributed by atoms with Gasteiger partial charge < -0.3 is 0 Å². The Kier molecular flexibility index (Phi) is 4.37. The molecule has 0 fully saturated rings. The number of hydrogen-bond acceptors (Lipinski definition) is 2. The number of carbonyl (C=O) groups is 2. The number of para-hydroxylation sites is 4. The minimum absolute atomic E-state index is 0.866. The molecular formula is C26H18N2O2. The molecule has 0 aliphatic carbocycles. The van der Waals surface area contributed by atoms with E-state index < -0.39 is 0 Å². The number of benzene rings is 4. The summed E-state index contributed by atoms with van der Waals surface area (Å²) in [6.45, 7) is 0. The topological polar surface area (TPSA) is 44.0 Å². The molecular weight excluding hydrogens is 372 g/mol. The lowest BCUT2D eigenvalue weighted by molar-refractivity contribution is 0.549. The highest BCUT2D eigenvalue weighted by Crippen LogP contribution is 2.28. The largest absolute Gasteiger partial charge is 0.282 e. The summed E-state index contributed by atoms with van der Waals surface area (Å²) in [5.74, 6) is 0. The van der Waals surface area contributed by atoms with Crippen molar-refractivity contribution in [1.82, 2.24) is 9.13 Å². The Labute approximate surface area is 172 Å². The van der Waals surface area contributed by atoms with Gasteiger partial charge in [-0.2, -0.15) is 0 Å². The third-order valence-corrected chi connectivity index (χ3v) is 5.45. The van der Waals surface area contributed by atoms with Gasteiger partial charge in [-0.05, 0) is 24.3 Å². The van der Waals surface area contributed by atoms with Gasteiger partial charge >= 0.3 is 0 Å². The summed E-state index contributed by atoms with van der Waals surface area (Å²) < 4.78 is 3.37. The van der Waals surface area contributed by atoms with Crippen LogP contribution < -0.4 is 0 Å². The zero-order chi connectivity index (χ0) is 20.5. The molecule has 0 spiro atoms. The van der Waals surface area contributed by atoms with E-state index in [2.05, 4.69) is 0 Å². The molecule has 0 bridgehead atoms. The van der Waals surface area contributed by atoms with Crippen LogP contribution in [-0.2, 0) is 9.59 Å². The van der Waals surface area contributed by atoms with Gasteiger partial charge in [-0.15, -0.1) is 0 Å². The maximum Gasteiger partial charge on any atom is 0.218 e. The molecule has 4 aromatic carbocycles. The van der Waals surface area contributed by atoms with Crippen molar-refractivity contribution < 1.29 is 9.59 Å². The number of nitrogens with zero attached hydrogens (tertiary/aromatic N) is 2. The molecule has 144 valence electrons. The number of hydrogen-bond donors (Lipinski definition) is 0.